The summed E-state index contributed by atoms with van der Waals surface area (Å²) >= 11 is 0. The van der Waals surface area contributed by atoms with Gasteiger partial charge in [0.15, 0.2) is 5.76 Å². The molecule has 2 aliphatic heterocycles. The van der Waals surface area contributed by atoms with E-state index in [4.69, 9.17) is 9.26 Å². The van der Waals surface area contributed by atoms with Crippen molar-refractivity contribution in [1.82, 2.24) is 15.4 Å². The quantitative estimate of drug-likeness (QED) is 0.895. The number of ether oxygens (including phenoxy) is 1. The second-order valence-corrected chi connectivity index (χ2v) is 5.55. The summed E-state index contributed by atoms with van der Waals surface area (Å²) in [5, 5.41) is 7.25. The van der Waals surface area contributed by atoms with Crippen LogP contribution in [0, 0.1) is 6.92 Å². The number of amides is 1. The fourth-order valence-electron chi connectivity index (χ4n) is 2.98. The van der Waals surface area contributed by atoms with Crippen LogP contribution >= 0.6 is 0 Å². The van der Waals surface area contributed by atoms with E-state index in [1.54, 1.807) is 0 Å². The molecule has 3 rings (SSSR count). The van der Waals surface area contributed by atoms with Gasteiger partial charge in [-0.1, -0.05) is 5.16 Å². The molecule has 2 atom stereocenters. The Bertz CT molecular complexity index is 468. The Morgan fingerprint density at radius 3 is 3.20 bits per heavy atom. The van der Waals surface area contributed by atoms with Gasteiger partial charge in [0.25, 0.3) is 0 Å². The lowest BCUT2D eigenvalue weighted by molar-refractivity contribution is -0.133. The van der Waals surface area contributed by atoms with Crippen LogP contribution in [0.2, 0.25) is 0 Å². The summed E-state index contributed by atoms with van der Waals surface area (Å²) in [7, 11) is 0. The second kappa shape index (κ2) is 5.93. The molecule has 1 amide bonds. The highest BCUT2D eigenvalue weighted by Gasteiger charge is 2.33. The number of rotatable bonds is 3. The number of nitrogens with zero attached hydrogens (tertiary/aromatic N) is 2. The van der Waals surface area contributed by atoms with Crippen LogP contribution in [0.4, 0.5) is 0 Å². The maximum absolute atomic E-state index is 12.5. The molecule has 0 aliphatic carbocycles. The van der Waals surface area contributed by atoms with Crippen LogP contribution in [0.3, 0.4) is 0 Å². The topological polar surface area (TPSA) is 67.6 Å². The minimum atomic E-state index is 0.0493. The van der Waals surface area contributed by atoms with Crippen LogP contribution < -0.4 is 5.32 Å². The number of carbonyl (C=O) groups excluding carboxylic acids is 1. The van der Waals surface area contributed by atoms with Gasteiger partial charge in [-0.3, -0.25) is 4.79 Å². The van der Waals surface area contributed by atoms with Crippen molar-refractivity contribution < 1.29 is 14.1 Å². The van der Waals surface area contributed by atoms with Crippen molar-refractivity contribution >= 4 is 5.91 Å². The van der Waals surface area contributed by atoms with Gasteiger partial charge in [0.05, 0.1) is 24.9 Å². The van der Waals surface area contributed by atoms with Crippen molar-refractivity contribution in [2.24, 2.45) is 0 Å². The van der Waals surface area contributed by atoms with Crippen molar-refractivity contribution in [3.05, 3.63) is 17.5 Å². The molecule has 2 unspecified atom stereocenters. The molecule has 0 spiro atoms. The molecule has 1 N–H and O–H groups in total. The van der Waals surface area contributed by atoms with E-state index in [1.165, 1.54) is 0 Å². The van der Waals surface area contributed by atoms with E-state index >= 15 is 0 Å². The Kier molecular flexibility index (Phi) is 4.03. The average molecular weight is 279 g/mol. The summed E-state index contributed by atoms with van der Waals surface area (Å²) in [5.74, 6) is 0.978. The van der Waals surface area contributed by atoms with Gasteiger partial charge >= 0.3 is 0 Å². The van der Waals surface area contributed by atoms with Crippen LogP contribution in [0.1, 0.15) is 36.8 Å². The van der Waals surface area contributed by atoms with Crippen molar-refractivity contribution in [2.45, 2.75) is 38.3 Å². The normalized spacial score (nSPS) is 26.9. The summed E-state index contributed by atoms with van der Waals surface area (Å²) in [6.45, 7) is 4.87. The highest BCUT2D eigenvalue weighted by atomic mass is 16.5. The first kappa shape index (κ1) is 13.6. The molecule has 6 nitrogen and oxygen atoms in total. The van der Waals surface area contributed by atoms with E-state index in [9.17, 15) is 4.79 Å². The second-order valence-electron chi connectivity index (χ2n) is 5.55. The SMILES string of the molecule is Cc1cc(C2CCCN2C(=O)CC2COCCN2)on1. The van der Waals surface area contributed by atoms with Crippen molar-refractivity contribution in [1.29, 1.82) is 0 Å². The van der Waals surface area contributed by atoms with Crippen molar-refractivity contribution in [3.63, 3.8) is 0 Å². The zero-order chi connectivity index (χ0) is 13.9. The monoisotopic (exact) mass is 279 g/mol. The molecule has 3 heterocycles. The molecule has 2 fully saturated rings. The van der Waals surface area contributed by atoms with E-state index in [0.717, 1.165) is 44.0 Å². The lowest BCUT2D eigenvalue weighted by atomic mass is 10.1. The number of carbonyl (C=O) groups is 1. The first-order valence-electron chi connectivity index (χ1n) is 7.28. The number of nitrogens with one attached hydrogen (secondary N) is 1. The lowest BCUT2D eigenvalue weighted by Gasteiger charge is -2.27. The smallest absolute Gasteiger partial charge is 0.224 e. The molecule has 6 heteroatoms. The molecule has 0 aromatic carbocycles. The molecule has 2 saturated heterocycles. The third-order valence-corrected chi connectivity index (χ3v) is 3.97. The van der Waals surface area contributed by atoms with Gasteiger partial charge < -0.3 is 19.5 Å². The predicted octanol–water partition coefficient (Wildman–Crippen LogP) is 1.03. The number of likely N-dealkylation sites (tertiary alicyclic amines) is 1. The summed E-state index contributed by atoms with van der Waals surface area (Å²) in [6.07, 6.45) is 2.46. The maximum atomic E-state index is 12.5. The van der Waals surface area contributed by atoms with Gasteiger partial charge in [-0.25, -0.2) is 0 Å². The summed E-state index contributed by atoms with van der Waals surface area (Å²) in [5.41, 5.74) is 0.863. The minimum Gasteiger partial charge on any atom is -0.378 e. The standard InChI is InChI=1S/C14H21N3O3/c1-10-7-13(20-16-10)12-3-2-5-17(12)14(18)8-11-9-19-6-4-15-11/h7,11-12,15H,2-6,8-9H2,1H3. The van der Waals surface area contributed by atoms with Crippen LogP contribution in [0.5, 0.6) is 0 Å². The van der Waals surface area contributed by atoms with Gasteiger partial charge in [-0.05, 0) is 19.8 Å². The highest BCUT2D eigenvalue weighted by molar-refractivity contribution is 5.77. The number of morpholine rings is 1. The molecular formula is C14H21N3O3. The van der Waals surface area contributed by atoms with E-state index in [0.29, 0.717) is 13.0 Å². The minimum absolute atomic E-state index is 0.0493. The molecule has 0 bridgehead atoms. The van der Waals surface area contributed by atoms with Gasteiger partial charge in [-0.15, -0.1) is 0 Å². The fourth-order valence-corrected chi connectivity index (χ4v) is 2.98. The average Bonchev–Trinajstić information content (AvgIpc) is 3.08. The zero-order valence-corrected chi connectivity index (χ0v) is 11.8. The first-order valence-corrected chi connectivity index (χ1v) is 7.28. The van der Waals surface area contributed by atoms with Crippen molar-refractivity contribution in [2.75, 3.05) is 26.3 Å². The molecule has 110 valence electrons. The molecule has 0 radical (unpaired) electrons. The van der Waals surface area contributed by atoms with Gasteiger partial charge in [-0.2, -0.15) is 0 Å². The van der Waals surface area contributed by atoms with Gasteiger partial charge in [0.1, 0.15) is 0 Å². The third-order valence-electron chi connectivity index (χ3n) is 3.97. The molecule has 20 heavy (non-hydrogen) atoms. The summed E-state index contributed by atoms with van der Waals surface area (Å²) < 4.78 is 10.7. The number of hydrogen-bond donors (Lipinski definition) is 1. The molecular weight excluding hydrogens is 258 g/mol. The predicted molar refractivity (Wildman–Crippen MR) is 72.2 cm³/mol. The highest BCUT2D eigenvalue weighted by Crippen LogP contribution is 2.32. The fraction of sp³-hybridized carbons (Fsp3) is 0.714. The van der Waals surface area contributed by atoms with Crippen LogP contribution in [0.15, 0.2) is 10.6 Å². The van der Waals surface area contributed by atoms with E-state index in [-0.39, 0.29) is 18.0 Å². The molecule has 2 aliphatic rings. The zero-order valence-electron chi connectivity index (χ0n) is 11.8. The van der Waals surface area contributed by atoms with Crippen LogP contribution in [-0.2, 0) is 9.53 Å². The number of aryl methyl sites for hydroxylation is 1. The Morgan fingerprint density at radius 2 is 2.50 bits per heavy atom. The Balaban J connectivity index is 1.63. The lowest BCUT2D eigenvalue weighted by Crippen LogP contribution is -2.45. The van der Waals surface area contributed by atoms with E-state index in [1.807, 2.05) is 17.9 Å². The van der Waals surface area contributed by atoms with Crippen LogP contribution in [-0.4, -0.2) is 48.3 Å². The Morgan fingerprint density at radius 1 is 1.60 bits per heavy atom. The summed E-state index contributed by atoms with van der Waals surface area (Å²) in [4.78, 5) is 14.4. The van der Waals surface area contributed by atoms with Crippen molar-refractivity contribution in [3.8, 4) is 0 Å². The Hall–Kier alpha value is -1.40. The Labute approximate surface area is 118 Å². The first-order chi connectivity index (χ1) is 9.74. The molecule has 1 aromatic rings. The number of hydrogen-bond acceptors (Lipinski definition) is 5. The van der Waals surface area contributed by atoms with E-state index < -0.39 is 0 Å². The van der Waals surface area contributed by atoms with E-state index in [2.05, 4.69) is 10.5 Å². The van der Waals surface area contributed by atoms with Crippen LogP contribution in [0.25, 0.3) is 0 Å². The molecule has 0 saturated carbocycles. The maximum Gasteiger partial charge on any atom is 0.224 e. The van der Waals surface area contributed by atoms with Gasteiger partial charge in [0, 0.05) is 31.6 Å². The third kappa shape index (κ3) is 2.86. The molecule has 1 aromatic heterocycles. The largest absolute Gasteiger partial charge is 0.378 e. The summed E-state index contributed by atoms with van der Waals surface area (Å²) in [6, 6.07) is 2.11. The van der Waals surface area contributed by atoms with Gasteiger partial charge in [0.2, 0.25) is 5.91 Å². The number of aromatic nitrogens is 1.